The number of nitrogens with two attached hydrogens (primary N) is 2. The van der Waals surface area contributed by atoms with Crippen molar-refractivity contribution in [3.8, 4) is 5.75 Å². The molecule has 1 aromatic heterocycles. The number of aliphatic hydroxyl groups excluding tert-OH is 1. The number of para-hydroxylation sites is 1. The Kier molecular flexibility index (Phi) is 21.9. The van der Waals surface area contributed by atoms with E-state index in [2.05, 4.69) is 36.9 Å². The van der Waals surface area contributed by atoms with Crippen molar-refractivity contribution in [2.75, 3.05) is 18.1 Å². The number of H-pyrrole nitrogens is 1. The van der Waals surface area contributed by atoms with Gasteiger partial charge in [0, 0.05) is 53.8 Å². The van der Waals surface area contributed by atoms with Crippen LogP contribution in [-0.2, 0) is 64.0 Å². The number of benzene rings is 4. The summed E-state index contributed by atoms with van der Waals surface area (Å²) in [6.45, 7) is 1.50. The van der Waals surface area contributed by atoms with Gasteiger partial charge in [0.25, 0.3) is 0 Å². The summed E-state index contributed by atoms with van der Waals surface area (Å²) >= 11 is 0. The number of aliphatic hydroxyl groups is 1. The normalized spacial score (nSPS) is 21.8. The molecule has 1 aliphatic carbocycles. The predicted molar refractivity (Wildman–Crippen MR) is 307 cm³/mol. The number of nitrogens with one attached hydrogen (secondary N) is 7. The third kappa shape index (κ3) is 16.8. The van der Waals surface area contributed by atoms with Gasteiger partial charge in [-0.2, -0.15) is 0 Å². The van der Waals surface area contributed by atoms with E-state index in [0.717, 1.165) is 54.8 Å². The molecule has 9 atom stereocenters. The number of hydrogen-bond donors (Lipinski definition) is 12. The van der Waals surface area contributed by atoms with Crippen LogP contribution in [0.15, 0.2) is 115 Å². The minimum absolute atomic E-state index is 0.0150. The van der Waals surface area contributed by atoms with Crippen LogP contribution in [0.1, 0.15) is 66.8 Å². The molecule has 22 heteroatoms. The highest BCUT2D eigenvalue weighted by Gasteiger charge is 2.37. The highest BCUT2D eigenvalue weighted by molar-refractivity contribution is 8.76. The molecular weight excluding hydrogens is 1060 g/mol. The molecule has 6 amide bonds. The van der Waals surface area contributed by atoms with Gasteiger partial charge in [-0.1, -0.05) is 113 Å². The van der Waals surface area contributed by atoms with Crippen molar-refractivity contribution in [3.05, 3.63) is 143 Å². The summed E-state index contributed by atoms with van der Waals surface area (Å²) in [6.07, 6.45) is 2.80. The maximum absolute atomic E-state index is 14.9. The first-order chi connectivity index (χ1) is 38.5. The standard InChI is InChI=1S/C58H69N9O11S2/c1-33(68)51-57(76)66-49(56(75)64-47(58(77)78)28-39-30-61-44-16-8-7-15-42(39)44)32-80-79-31-48(65-53(72)43(60)26-34-11-3-2-4-12-34)50(70)29-38(25-35-18-22-40(69)23-19-35)52(71)63-46(27-37-21-20-36-13-5-6-14-41(36)37)55(74)62-45(54(73)67-51)17-9-10-24-59/h2-8,11-16,18-19,21-23,30,33,38,43,45-49,51,61,68-69H,9-10,17,20,24-29,31-32,59-60H2,1H3,(H,62,74)(H,63,71)(H,64,75)(H,65,72)(H,66,76)(H,67,73)(H,77,78)/t33-,38-,43-,45+,46-,47+,48+,49+,51+/m1/s1. The van der Waals surface area contributed by atoms with Gasteiger partial charge in [0.05, 0.1) is 18.2 Å². The summed E-state index contributed by atoms with van der Waals surface area (Å²) in [5, 5.41) is 48.6. The van der Waals surface area contributed by atoms with Gasteiger partial charge in [0.2, 0.25) is 35.4 Å². The summed E-state index contributed by atoms with van der Waals surface area (Å²) in [5.74, 6) is -8.53. The largest absolute Gasteiger partial charge is 0.508 e. The number of phenols is 1. The Morgan fingerprint density at radius 3 is 2.17 bits per heavy atom. The second-order valence-corrected chi connectivity index (χ2v) is 22.7. The number of fused-ring (bicyclic) bond motifs is 2. The number of aliphatic carboxylic acids is 1. The minimum atomic E-state index is -1.72. The van der Waals surface area contributed by atoms with Gasteiger partial charge in [-0.15, -0.1) is 0 Å². The third-order valence-corrected chi connectivity index (χ3v) is 16.5. The molecule has 1 fully saturated rings. The number of aromatic amines is 1. The van der Waals surface area contributed by atoms with Crippen LogP contribution in [0, 0.1) is 5.92 Å². The van der Waals surface area contributed by atoms with Gasteiger partial charge in [0.1, 0.15) is 36.0 Å². The predicted octanol–water partition coefficient (Wildman–Crippen LogP) is 2.73. The second kappa shape index (κ2) is 29.1. The van der Waals surface area contributed by atoms with Crippen LogP contribution in [0.4, 0.5) is 0 Å². The number of rotatable bonds is 18. The van der Waals surface area contributed by atoms with Crippen molar-refractivity contribution in [1.82, 2.24) is 36.9 Å². The Hall–Kier alpha value is -7.50. The summed E-state index contributed by atoms with van der Waals surface area (Å²) in [5.41, 5.74) is 17.5. The van der Waals surface area contributed by atoms with Gasteiger partial charge in [-0.3, -0.25) is 33.6 Å². The molecule has 0 spiro atoms. The Morgan fingerprint density at radius 1 is 0.750 bits per heavy atom. The lowest BCUT2D eigenvalue weighted by Crippen LogP contribution is -2.61. The Bertz CT molecular complexity index is 3030. The maximum Gasteiger partial charge on any atom is 0.326 e. The number of allylic oxidation sites excluding steroid dienone is 1. The van der Waals surface area contributed by atoms with Crippen LogP contribution in [0.5, 0.6) is 5.75 Å². The zero-order valence-electron chi connectivity index (χ0n) is 44.2. The van der Waals surface area contributed by atoms with E-state index < -0.39 is 108 Å². The zero-order valence-corrected chi connectivity index (χ0v) is 45.9. The van der Waals surface area contributed by atoms with E-state index in [9.17, 15) is 53.7 Å². The molecule has 0 unspecified atom stereocenters. The quantitative estimate of drug-likeness (QED) is 0.0443. The van der Waals surface area contributed by atoms with E-state index in [1.165, 1.54) is 19.1 Å². The SMILES string of the molecule is C[C@@H](O)[C@@H]1NC(=O)[C@H](CCCCN)NC(=O)[C@@H](CC2=CCc3ccccc32)NC(=O)[C@H](Cc2ccc(O)cc2)CC(=O)[C@@H](NC(=O)[C@H](N)Cc2ccccc2)CSSC[C@@H](C(=O)N[C@@H](Cc2c[nH]c3ccccc23)C(=O)O)NC1=O. The molecule has 80 heavy (non-hydrogen) atoms. The highest BCUT2D eigenvalue weighted by atomic mass is 33.1. The van der Waals surface area contributed by atoms with Crippen LogP contribution >= 0.6 is 21.6 Å². The number of hydrogen-bond acceptors (Lipinski definition) is 14. The smallest absolute Gasteiger partial charge is 0.326 e. The fourth-order valence-corrected chi connectivity index (χ4v) is 12.0. The number of carbonyl (C=O) groups is 8. The average Bonchev–Trinajstić information content (AvgIpc) is 4.06. The number of carboxylic acid groups (broad SMARTS) is 1. The molecule has 1 saturated heterocycles. The highest BCUT2D eigenvalue weighted by Crippen LogP contribution is 2.31. The summed E-state index contributed by atoms with van der Waals surface area (Å²) in [7, 11) is 2.04. The number of phenolic OH excluding ortho intramolecular Hbond substituents is 1. The van der Waals surface area contributed by atoms with E-state index >= 15 is 0 Å². The number of carboxylic acids is 1. The van der Waals surface area contributed by atoms with Crippen LogP contribution < -0.4 is 43.4 Å². The van der Waals surface area contributed by atoms with E-state index in [0.29, 0.717) is 30.4 Å². The lowest BCUT2D eigenvalue weighted by molar-refractivity contribution is -0.142. The summed E-state index contributed by atoms with van der Waals surface area (Å²) < 4.78 is 0. The number of aromatic hydroxyl groups is 1. The lowest BCUT2D eigenvalue weighted by atomic mass is 9.90. The van der Waals surface area contributed by atoms with Gasteiger partial charge < -0.3 is 63.7 Å². The molecule has 0 bridgehead atoms. The Morgan fingerprint density at radius 2 is 1.44 bits per heavy atom. The molecule has 0 radical (unpaired) electrons. The van der Waals surface area contributed by atoms with Gasteiger partial charge >= 0.3 is 5.97 Å². The van der Waals surface area contributed by atoms with Crippen molar-refractivity contribution < 1.29 is 53.7 Å². The van der Waals surface area contributed by atoms with Gasteiger partial charge in [-0.25, -0.2) is 4.79 Å². The monoisotopic (exact) mass is 1130 g/mol. The van der Waals surface area contributed by atoms with Crippen molar-refractivity contribution in [3.63, 3.8) is 0 Å². The van der Waals surface area contributed by atoms with E-state index in [1.54, 1.807) is 54.7 Å². The molecule has 5 aromatic rings. The molecule has 2 aliphatic rings. The fraction of sp³-hybridized carbons (Fsp3) is 0.379. The first kappa shape index (κ1) is 60.1. The van der Waals surface area contributed by atoms with Crippen molar-refractivity contribution in [1.29, 1.82) is 0 Å². The molecule has 4 aromatic carbocycles. The topological polar surface area (TPSA) is 337 Å². The first-order valence-corrected chi connectivity index (χ1v) is 29.1. The van der Waals surface area contributed by atoms with Crippen molar-refractivity contribution in [2.24, 2.45) is 17.4 Å². The summed E-state index contributed by atoms with van der Waals surface area (Å²) in [4.78, 5) is 118. The number of Topliss-reactive ketones (excluding diaryl/α,β-unsaturated/α-hetero) is 1. The maximum atomic E-state index is 14.9. The van der Waals surface area contributed by atoms with E-state index in [4.69, 9.17) is 11.5 Å². The van der Waals surface area contributed by atoms with Crippen LogP contribution in [0.25, 0.3) is 16.5 Å². The molecule has 14 N–H and O–H groups in total. The first-order valence-electron chi connectivity index (χ1n) is 26.6. The Balaban J connectivity index is 1.25. The van der Waals surface area contributed by atoms with Crippen LogP contribution in [-0.4, -0.2) is 134 Å². The van der Waals surface area contributed by atoms with E-state index in [1.807, 2.05) is 48.5 Å². The average molecular weight is 1130 g/mol. The van der Waals surface area contributed by atoms with E-state index in [-0.39, 0.29) is 55.9 Å². The second-order valence-electron chi connectivity index (χ2n) is 20.1. The van der Waals surface area contributed by atoms with Crippen LogP contribution in [0.2, 0.25) is 0 Å². The molecular formula is C58H69N9O11S2. The van der Waals surface area contributed by atoms with Gasteiger partial charge in [-0.05, 0) is 104 Å². The number of amides is 6. The number of carbonyl (C=O) groups excluding carboxylic acids is 7. The third-order valence-electron chi connectivity index (χ3n) is 14.1. The fourth-order valence-electron chi connectivity index (χ4n) is 9.64. The molecule has 1 aliphatic heterocycles. The van der Waals surface area contributed by atoms with Crippen molar-refractivity contribution >= 4 is 85.3 Å². The molecule has 0 saturated carbocycles. The lowest BCUT2D eigenvalue weighted by Gasteiger charge is -2.29. The van der Waals surface area contributed by atoms with Crippen LogP contribution in [0.3, 0.4) is 0 Å². The van der Waals surface area contributed by atoms with Crippen molar-refractivity contribution in [2.45, 2.75) is 113 Å². The molecule has 2 heterocycles. The number of ketones is 1. The number of unbranched alkanes of at least 4 members (excludes halogenated alkanes) is 1. The molecule has 20 nitrogen and oxygen atoms in total. The van der Waals surface area contributed by atoms with Gasteiger partial charge in [0.15, 0.2) is 5.78 Å². The summed E-state index contributed by atoms with van der Waals surface area (Å²) in [6, 6.07) is 20.1. The molecule has 7 rings (SSSR count). The Labute approximate surface area is 471 Å². The zero-order chi connectivity index (χ0) is 57.3. The minimum Gasteiger partial charge on any atom is -0.508 e. The molecule has 424 valence electrons. The number of aromatic nitrogens is 1.